The fourth-order valence-corrected chi connectivity index (χ4v) is 4.13. The van der Waals surface area contributed by atoms with E-state index in [4.69, 9.17) is 0 Å². The highest BCUT2D eigenvalue weighted by Gasteiger charge is 2.51. The molecule has 1 N–H and O–H groups in total. The van der Waals surface area contributed by atoms with Crippen LogP contribution in [0.4, 0.5) is 5.69 Å². The lowest BCUT2D eigenvalue weighted by molar-refractivity contribution is -0.385. The zero-order valence-corrected chi connectivity index (χ0v) is 14.6. The Bertz CT molecular complexity index is 643. The summed E-state index contributed by atoms with van der Waals surface area (Å²) in [5.41, 5.74) is 0.302. The molecule has 7 heteroatoms. The molecule has 23 heavy (non-hydrogen) atoms. The highest BCUT2D eigenvalue weighted by Crippen LogP contribution is 2.40. The number of amides is 1. The molecule has 1 aliphatic heterocycles. The summed E-state index contributed by atoms with van der Waals surface area (Å²) < 4.78 is 0.450. The first-order valence-corrected chi connectivity index (χ1v) is 8.80. The van der Waals surface area contributed by atoms with Crippen molar-refractivity contribution in [3.63, 3.8) is 0 Å². The van der Waals surface area contributed by atoms with Gasteiger partial charge in [-0.05, 0) is 47.3 Å². The molecule has 1 spiro atoms. The predicted molar refractivity (Wildman–Crippen MR) is 89.9 cm³/mol. The van der Waals surface area contributed by atoms with E-state index in [9.17, 15) is 14.9 Å². The molecule has 0 radical (unpaired) electrons. The van der Waals surface area contributed by atoms with E-state index in [2.05, 4.69) is 21.2 Å². The average Bonchev–Trinajstić information content (AvgIpc) is 2.80. The van der Waals surface area contributed by atoms with Gasteiger partial charge in [-0.2, -0.15) is 0 Å². The molecule has 1 amide bonds. The van der Waals surface area contributed by atoms with Crippen LogP contribution >= 0.6 is 15.9 Å². The molecule has 2 fully saturated rings. The fourth-order valence-electron chi connectivity index (χ4n) is 3.74. The van der Waals surface area contributed by atoms with Gasteiger partial charge >= 0.3 is 0 Å². The van der Waals surface area contributed by atoms with Crippen LogP contribution in [0.15, 0.2) is 22.7 Å². The Kier molecular flexibility index (Phi) is 4.42. The molecule has 124 valence electrons. The fraction of sp³-hybridized carbons (Fsp3) is 0.562. The molecule has 1 atom stereocenters. The topological polar surface area (TPSA) is 75.5 Å². The molecule has 2 aliphatic rings. The number of nitrogens with one attached hydrogen (secondary N) is 1. The van der Waals surface area contributed by atoms with E-state index in [1.54, 1.807) is 17.0 Å². The summed E-state index contributed by atoms with van der Waals surface area (Å²) >= 11 is 3.21. The quantitative estimate of drug-likeness (QED) is 0.641. The third-order valence-corrected chi connectivity index (χ3v) is 5.60. The second-order valence-electron chi connectivity index (χ2n) is 6.25. The number of benzene rings is 1. The summed E-state index contributed by atoms with van der Waals surface area (Å²) in [4.78, 5) is 25.5. The van der Waals surface area contributed by atoms with Gasteiger partial charge in [0.1, 0.15) is 6.17 Å². The summed E-state index contributed by atoms with van der Waals surface area (Å²) in [6.07, 6.45) is 4.65. The molecule has 0 aromatic heterocycles. The Hall–Kier alpha value is -1.47. The van der Waals surface area contributed by atoms with Gasteiger partial charge in [-0.25, -0.2) is 0 Å². The van der Waals surface area contributed by atoms with Crippen molar-refractivity contribution >= 4 is 27.5 Å². The van der Waals surface area contributed by atoms with Gasteiger partial charge in [-0.3, -0.25) is 20.2 Å². The maximum atomic E-state index is 12.9. The van der Waals surface area contributed by atoms with Crippen LogP contribution in [0.2, 0.25) is 0 Å². The van der Waals surface area contributed by atoms with E-state index in [-0.39, 0.29) is 17.8 Å². The number of rotatable bonds is 3. The monoisotopic (exact) mass is 381 g/mol. The highest BCUT2D eigenvalue weighted by atomic mass is 79.9. The lowest BCUT2D eigenvalue weighted by atomic mass is 9.81. The van der Waals surface area contributed by atoms with Crippen molar-refractivity contribution in [2.24, 2.45) is 0 Å². The number of carbonyl (C=O) groups excluding carboxylic acids is 1. The maximum Gasteiger partial charge on any atom is 0.283 e. The standard InChI is InChI=1S/C16H20BrN3O3/c1-2-19-14(11-6-7-12(17)13(10-11)20(22)23)18-16(15(19)21)8-4-3-5-9-16/h6-7,10,14,18H,2-5,8-9H2,1H3/t14-/m0/s1. The zero-order chi connectivity index (χ0) is 16.6. The minimum absolute atomic E-state index is 0.0254. The van der Waals surface area contributed by atoms with Gasteiger partial charge in [0.25, 0.3) is 5.69 Å². The van der Waals surface area contributed by atoms with Crippen molar-refractivity contribution in [1.29, 1.82) is 0 Å². The number of nitro benzene ring substituents is 1. The van der Waals surface area contributed by atoms with Gasteiger partial charge in [-0.1, -0.05) is 25.3 Å². The average molecular weight is 382 g/mol. The molecule has 3 rings (SSSR count). The zero-order valence-electron chi connectivity index (χ0n) is 13.0. The lowest BCUT2D eigenvalue weighted by Crippen LogP contribution is -2.48. The first kappa shape index (κ1) is 16.4. The third kappa shape index (κ3) is 2.76. The van der Waals surface area contributed by atoms with Gasteiger partial charge in [-0.15, -0.1) is 0 Å². The summed E-state index contributed by atoms with van der Waals surface area (Å²) in [5, 5.41) is 14.7. The maximum absolute atomic E-state index is 12.9. The molecule has 1 saturated carbocycles. The van der Waals surface area contributed by atoms with E-state index in [1.165, 1.54) is 0 Å². The van der Waals surface area contributed by atoms with E-state index in [1.807, 2.05) is 13.0 Å². The summed E-state index contributed by atoms with van der Waals surface area (Å²) in [6, 6.07) is 5.07. The number of hydrogen-bond donors (Lipinski definition) is 1. The number of likely N-dealkylation sites (N-methyl/N-ethyl adjacent to an activating group) is 1. The van der Waals surface area contributed by atoms with Gasteiger partial charge in [0.15, 0.2) is 0 Å². The minimum Gasteiger partial charge on any atom is -0.322 e. The Balaban J connectivity index is 1.97. The molecule has 1 saturated heterocycles. The summed E-state index contributed by atoms with van der Waals surface area (Å²) in [6.45, 7) is 2.53. The van der Waals surface area contributed by atoms with E-state index in [0.717, 1.165) is 37.7 Å². The van der Waals surface area contributed by atoms with Crippen LogP contribution in [-0.4, -0.2) is 27.8 Å². The SMILES string of the molecule is CCN1C(=O)C2(CCCCC2)N[C@@H]1c1ccc(Br)c([N+](=O)[O-])c1. The largest absolute Gasteiger partial charge is 0.322 e. The molecule has 1 heterocycles. The van der Waals surface area contributed by atoms with Crippen LogP contribution in [0, 0.1) is 10.1 Å². The van der Waals surface area contributed by atoms with E-state index >= 15 is 0 Å². The minimum atomic E-state index is -0.485. The van der Waals surface area contributed by atoms with Gasteiger partial charge in [0, 0.05) is 12.6 Å². The predicted octanol–water partition coefficient (Wildman–Crippen LogP) is 3.51. The van der Waals surface area contributed by atoms with Crippen LogP contribution in [0.3, 0.4) is 0 Å². The van der Waals surface area contributed by atoms with Crippen molar-refractivity contribution in [3.8, 4) is 0 Å². The van der Waals surface area contributed by atoms with Gasteiger partial charge in [0.2, 0.25) is 5.91 Å². The number of hydrogen-bond acceptors (Lipinski definition) is 4. The van der Waals surface area contributed by atoms with Crippen molar-refractivity contribution in [1.82, 2.24) is 10.2 Å². The molecule has 1 aromatic carbocycles. The van der Waals surface area contributed by atoms with Crippen molar-refractivity contribution < 1.29 is 9.72 Å². The Morgan fingerprint density at radius 1 is 1.39 bits per heavy atom. The molecule has 1 aliphatic carbocycles. The third-order valence-electron chi connectivity index (χ3n) is 4.93. The molecule has 6 nitrogen and oxygen atoms in total. The molecular formula is C16H20BrN3O3. The Morgan fingerprint density at radius 3 is 2.70 bits per heavy atom. The highest BCUT2D eigenvalue weighted by molar-refractivity contribution is 9.10. The summed E-state index contributed by atoms with van der Waals surface area (Å²) in [7, 11) is 0. The molecule has 0 bridgehead atoms. The van der Waals surface area contributed by atoms with Crippen molar-refractivity contribution in [2.75, 3.05) is 6.54 Å². The van der Waals surface area contributed by atoms with Gasteiger partial charge < -0.3 is 4.90 Å². The normalized spacial score (nSPS) is 23.5. The Labute approximate surface area is 143 Å². The van der Waals surface area contributed by atoms with Crippen molar-refractivity contribution in [3.05, 3.63) is 38.3 Å². The first-order chi connectivity index (χ1) is 11.0. The molecule has 0 unspecified atom stereocenters. The van der Waals surface area contributed by atoms with Crippen LogP contribution in [0.5, 0.6) is 0 Å². The lowest BCUT2D eigenvalue weighted by Gasteiger charge is -2.31. The smallest absolute Gasteiger partial charge is 0.283 e. The Morgan fingerprint density at radius 2 is 2.09 bits per heavy atom. The van der Waals surface area contributed by atoms with Crippen LogP contribution < -0.4 is 5.32 Å². The second-order valence-corrected chi connectivity index (χ2v) is 7.10. The summed E-state index contributed by atoms with van der Waals surface area (Å²) in [5.74, 6) is 0.135. The van der Waals surface area contributed by atoms with Crippen LogP contribution in [-0.2, 0) is 4.79 Å². The number of carbonyl (C=O) groups is 1. The molecular weight excluding hydrogens is 362 g/mol. The second kappa shape index (κ2) is 6.20. The van der Waals surface area contributed by atoms with E-state index in [0.29, 0.717) is 11.0 Å². The van der Waals surface area contributed by atoms with Crippen LogP contribution in [0.1, 0.15) is 50.8 Å². The number of halogens is 1. The number of nitro groups is 1. The molecule has 1 aromatic rings. The number of nitrogens with zero attached hydrogens (tertiary/aromatic N) is 2. The first-order valence-electron chi connectivity index (χ1n) is 8.01. The van der Waals surface area contributed by atoms with Crippen LogP contribution in [0.25, 0.3) is 0 Å². The van der Waals surface area contributed by atoms with E-state index < -0.39 is 10.5 Å². The van der Waals surface area contributed by atoms with Crippen molar-refractivity contribution in [2.45, 2.75) is 50.7 Å². The van der Waals surface area contributed by atoms with Gasteiger partial charge in [0.05, 0.1) is 14.9 Å².